The number of rotatable bonds is 9. The van der Waals surface area contributed by atoms with Gasteiger partial charge in [-0.25, -0.2) is 4.79 Å². The predicted octanol–water partition coefficient (Wildman–Crippen LogP) is 2.83. The van der Waals surface area contributed by atoms with Gasteiger partial charge in [-0.15, -0.1) is 0 Å². The molecular formula is C23H30N6O4. The van der Waals surface area contributed by atoms with Gasteiger partial charge < -0.3 is 25.8 Å². The molecule has 2 aromatic rings. The molecular weight excluding hydrogens is 424 g/mol. The van der Waals surface area contributed by atoms with E-state index in [9.17, 15) is 14.7 Å². The second-order valence-corrected chi connectivity index (χ2v) is 8.48. The van der Waals surface area contributed by atoms with Gasteiger partial charge in [0.1, 0.15) is 11.7 Å². The number of hydrogen-bond donors (Lipinski definition) is 3. The zero-order valence-electron chi connectivity index (χ0n) is 18.8. The number of carbonyl (C=O) groups is 2. The van der Waals surface area contributed by atoms with E-state index in [1.165, 1.54) is 0 Å². The van der Waals surface area contributed by atoms with Gasteiger partial charge >= 0.3 is 18.0 Å². The number of anilines is 2. The average molecular weight is 455 g/mol. The summed E-state index contributed by atoms with van der Waals surface area (Å²) in [7, 11) is 0. The van der Waals surface area contributed by atoms with Crippen LogP contribution in [0.3, 0.4) is 0 Å². The summed E-state index contributed by atoms with van der Waals surface area (Å²) in [6.07, 6.45) is 3.49. The van der Waals surface area contributed by atoms with E-state index < -0.39 is 12.0 Å². The first-order chi connectivity index (χ1) is 15.9. The number of carboxylic acids is 1. The van der Waals surface area contributed by atoms with Crippen LogP contribution in [0.25, 0.3) is 0 Å². The lowest BCUT2D eigenvalue weighted by molar-refractivity contribution is -0.142. The van der Waals surface area contributed by atoms with Crippen LogP contribution < -0.4 is 15.8 Å². The van der Waals surface area contributed by atoms with E-state index in [1.54, 1.807) is 4.90 Å². The largest absolute Gasteiger partial charge is 0.480 e. The predicted molar refractivity (Wildman–Crippen MR) is 123 cm³/mol. The Morgan fingerprint density at radius 2 is 1.97 bits per heavy atom. The molecule has 3 heterocycles. The topological polar surface area (TPSA) is 134 Å². The highest BCUT2D eigenvalue weighted by molar-refractivity contribution is 5.94. The number of ether oxygens (including phenoxy) is 1. The van der Waals surface area contributed by atoms with E-state index in [4.69, 9.17) is 10.5 Å². The maximum absolute atomic E-state index is 12.6. The van der Waals surface area contributed by atoms with Crippen molar-refractivity contribution >= 4 is 23.5 Å². The number of unbranched alkanes of at least 4 members (excludes halogenated alkanes) is 1. The summed E-state index contributed by atoms with van der Waals surface area (Å²) in [5.74, 6) is -0.561. The quantitative estimate of drug-likeness (QED) is 0.493. The third-order valence-corrected chi connectivity index (χ3v) is 6.01. The minimum absolute atomic E-state index is 0.199. The number of fused-ring (bicyclic) bond motifs is 1. The highest BCUT2D eigenvalue weighted by Crippen LogP contribution is 2.29. The summed E-state index contributed by atoms with van der Waals surface area (Å²) in [5, 5.41) is 12.1. The first-order valence-electron chi connectivity index (χ1n) is 11.3. The minimum atomic E-state index is -0.760. The number of carboxylic acid groups (broad SMARTS) is 1. The van der Waals surface area contributed by atoms with E-state index in [0.717, 1.165) is 36.9 Å². The van der Waals surface area contributed by atoms with Crippen molar-refractivity contribution in [2.75, 3.05) is 24.2 Å². The Hall–Kier alpha value is -3.40. The van der Waals surface area contributed by atoms with Crippen molar-refractivity contribution in [1.29, 1.82) is 0 Å². The third kappa shape index (κ3) is 5.33. The summed E-state index contributed by atoms with van der Waals surface area (Å²) in [5.41, 5.74) is 9.09. The minimum Gasteiger partial charge on any atom is -0.480 e. The van der Waals surface area contributed by atoms with Gasteiger partial charge in [0.15, 0.2) is 5.82 Å². The molecule has 10 heteroatoms. The number of likely N-dealkylation sites (tertiary alicyclic amines) is 1. The van der Waals surface area contributed by atoms with E-state index in [0.29, 0.717) is 44.0 Å². The van der Waals surface area contributed by atoms with Crippen LogP contribution in [0.2, 0.25) is 0 Å². The molecule has 0 saturated carbocycles. The highest BCUT2D eigenvalue weighted by Gasteiger charge is 2.30. The summed E-state index contributed by atoms with van der Waals surface area (Å²) in [4.78, 5) is 36.2. The SMILES string of the molecule is CCCCOc1nc(N)c2c(n1)CN(Cc1ccc(CN3CCC[C@@H]3C(=O)O)cc1)C(=O)N2. The Labute approximate surface area is 192 Å². The Balaban J connectivity index is 1.40. The molecule has 10 nitrogen and oxygen atoms in total. The van der Waals surface area contributed by atoms with Crippen LogP contribution in [0.1, 0.15) is 49.4 Å². The van der Waals surface area contributed by atoms with Crippen LogP contribution in [-0.4, -0.2) is 56.1 Å². The van der Waals surface area contributed by atoms with Gasteiger partial charge in [-0.05, 0) is 36.9 Å². The maximum Gasteiger partial charge on any atom is 0.322 e. The lowest BCUT2D eigenvalue weighted by Crippen LogP contribution is -2.39. The normalized spacial score (nSPS) is 18.2. The number of amides is 2. The van der Waals surface area contributed by atoms with Gasteiger partial charge in [0.25, 0.3) is 0 Å². The van der Waals surface area contributed by atoms with Crippen molar-refractivity contribution in [3.8, 4) is 6.01 Å². The van der Waals surface area contributed by atoms with Crippen molar-refractivity contribution < 1.29 is 19.4 Å². The molecule has 0 spiro atoms. The van der Waals surface area contributed by atoms with Crippen molar-refractivity contribution in [2.45, 2.75) is 58.3 Å². The van der Waals surface area contributed by atoms with Crippen LogP contribution in [0, 0.1) is 0 Å². The molecule has 0 radical (unpaired) electrons. The monoisotopic (exact) mass is 454 g/mol. The molecule has 1 atom stereocenters. The van der Waals surface area contributed by atoms with Gasteiger partial charge in [-0.1, -0.05) is 37.6 Å². The summed E-state index contributed by atoms with van der Waals surface area (Å²) in [6, 6.07) is 7.47. The molecule has 1 aromatic heterocycles. The van der Waals surface area contributed by atoms with Crippen molar-refractivity contribution in [1.82, 2.24) is 19.8 Å². The van der Waals surface area contributed by atoms with Crippen molar-refractivity contribution in [3.05, 3.63) is 41.1 Å². The molecule has 2 aliphatic rings. The maximum atomic E-state index is 12.6. The van der Waals surface area contributed by atoms with Crippen LogP contribution in [0.15, 0.2) is 24.3 Å². The Morgan fingerprint density at radius 1 is 1.24 bits per heavy atom. The van der Waals surface area contributed by atoms with Crippen LogP contribution in [0.5, 0.6) is 6.01 Å². The molecule has 0 bridgehead atoms. The first kappa shape index (κ1) is 22.8. The molecule has 33 heavy (non-hydrogen) atoms. The fourth-order valence-corrected chi connectivity index (χ4v) is 4.19. The number of benzene rings is 1. The second kappa shape index (κ2) is 10.0. The number of carbonyl (C=O) groups excluding carboxylic acids is 1. The van der Waals surface area contributed by atoms with Gasteiger partial charge in [0, 0.05) is 13.1 Å². The van der Waals surface area contributed by atoms with Gasteiger partial charge in [-0.3, -0.25) is 9.69 Å². The summed E-state index contributed by atoms with van der Waals surface area (Å²) < 4.78 is 5.59. The number of aliphatic carboxylic acids is 1. The van der Waals surface area contributed by atoms with E-state index in [-0.39, 0.29) is 17.9 Å². The van der Waals surface area contributed by atoms with Crippen molar-refractivity contribution in [3.63, 3.8) is 0 Å². The molecule has 2 aliphatic heterocycles. The lowest BCUT2D eigenvalue weighted by atomic mass is 10.1. The van der Waals surface area contributed by atoms with E-state index in [2.05, 4.69) is 22.2 Å². The number of urea groups is 1. The summed E-state index contributed by atoms with van der Waals surface area (Å²) in [6.45, 7) is 4.69. The fourth-order valence-electron chi connectivity index (χ4n) is 4.19. The van der Waals surface area contributed by atoms with Crippen molar-refractivity contribution in [2.24, 2.45) is 0 Å². The number of hydrogen-bond acceptors (Lipinski definition) is 7. The molecule has 176 valence electrons. The third-order valence-electron chi connectivity index (χ3n) is 6.01. The van der Waals surface area contributed by atoms with Crippen LogP contribution >= 0.6 is 0 Å². The molecule has 1 saturated heterocycles. The molecule has 1 aromatic carbocycles. The van der Waals surface area contributed by atoms with E-state index in [1.807, 2.05) is 29.2 Å². The number of nitrogen functional groups attached to an aromatic ring is 1. The zero-order valence-corrected chi connectivity index (χ0v) is 18.8. The zero-order chi connectivity index (χ0) is 23.4. The molecule has 4 rings (SSSR count). The molecule has 1 fully saturated rings. The number of nitrogens with two attached hydrogens (primary N) is 1. The molecule has 0 unspecified atom stereocenters. The van der Waals surface area contributed by atoms with Gasteiger partial charge in [-0.2, -0.15) is 9.97 Å². The van der Waals surface area contributed by atoms with Gasteiger partial charge in [0.2, 0.25) is 0 Å². The number of aromatic nitrogens is 2. The smallest absolute Gasteiger partial charge is 0.322 e. The van der Waals surface area contributed by atoms with Crippen LogP contribution in [0.4, 0.5) is 16.3 Å². The van der Waals surface area contributed by atoms with Gasteiger partial charge in [0.05, 0.1) is 18.8 Å². The average Bonchev–Trinajstić information content (AvgIpc) is 3.25. The van der Waals surface area contributed by atoms with E-state index >= 15 is 0 Å². The second-order valence-electron chi connectivity index (χ2n) is 8.48. The molecule has 0 aliphatic carbocycles. The Bertz CT molecular complexity index is 1010. The highest BCUT2D eigenvalue weighted by atomic mass is 16.5. The summed E-state index contributed by atoms with van der Waals surface area (Å²) >= 11 is 0. The Morgan fingerprint density at radius 3 is 2.67 bits per heavy atom. The Kier molecular flexibility index (Phi) is 6.93. The standard InChI is InChI=1S/C23H30N6O4/c1-2-3-11-33-22-25-17-14-29(23(32)26-19(17)20(24)27-22)13-16-8-6-15(7-9-16)12-28-10-4-5-18(28)21(30)31/h6-9,18H,2-5,10-14H2,1H3,(H,26,32)(H,30,31)(H2,24,25,27)/t18-/m1/s1. The molecule has 4 N–H and O–H groups in total. The first-order valence-corrected chi connectivity index (χ1v) is 11.3. The number of nitrogens with one attached hydrogen (secondary N) is 1. The van der Waals surface area contributed by atoms with Crippen LogP contribution in [-0.2, 0) is 24.4 Å². The molecule has 2 amide bonds. The fraction of sp³-hybridized carbons (Fsp3) is 0.478. The lowest BCUT2D eigenvalue weighted by Gasteiger charge is -2.29. The number of nitrogens with zero attached hydrogens (tertiary/aromatic N) is 4.